The van der Waals surface area contributed by atoms with Gasteiger partial charge in [0.1, 0.15) is 6.04 Å². The monoisotopic (exact) mass is 266 g/mol. The first-order valence-electron chi connectivity index (χ1n) is 5.38. The van der Waals surface area contributed by atoms with Crippen LogP contribution in [0.15, 0.2) is 18.2 Å². The van der Waals surface area contributed by atoms with Gasteiger partial charge in [-0.05, 0) is 25.1 Å². The quantitative estimate of drug-likeness (QED) is 0.641. The molecule has 0 aliphatic carbocycles. The maximum Gasteiger partial charge on any atom is 0.249 e. The molecule has 0 radical (unpaired) electrons. The lowest BCUT2D eigenvalue weighted by Gasteiger charge is -2.34. The zero-order chi connectivity index (χ0) is 13.3. The SMILES string of the molecule is CC1C(=O)NC(=O)CN1c1cc(Cl)ccc1C=O. The standard InChI is InChI=1S/C12H11ClN2O3/c1-7-12(18)14-11(17)5-15(7)10-4-9(13)3-2-8(10)6-16/h2-4,6-7H,5H2,1H3,(H,14,17,18). The number of piperazine rings is 1. The van der Waals surface area contributed by atoms with Crippen LogP contribution in [-0.4, -0.2) is 30.7 Å². The topological polar surface area (TPSA) is 66.5 Å². The first-order valence-corrected chi connectivity index (χ1v) is 5.76. The van der Waals surface area contributed by atoms with E-state index in [1.165, 1.54) is 0 Å². The van der Waals surface area contributed by atoms with E-state index < -0.39 is 11.9 Å². The van der Waals surface area contributed by atoms with E-state index in [1.807, 2.05) is 0 Å². The zero-order valence-electron chi connectivity index (χ0n) is 9.64. The Hall–Kier alpha value is -1.88. The van der Waals surface area contributed by atoms with Crippen LogP contribution in [0, 0.1) is 0 Å². The van der Waals surface area contributed by atoms with E-state index in [0.717, 1.165) is 0 Å². The number of hydrogen-bond donors (Lipinski definition) is 1. The lowest BCUT2D eigenvalue weighted by molar-refractivity contribution is -0.132. The number of benzene rings is 1. The van der Waals surface area contributed by atoms with Crippen LogP contribution in [0.5, 0.6) is 0 Å². The zero-order valence-corrected chi connectivity index (χ0v) is 10.4. The van der Waals surface area contributed by atoms with Gasteiger partial charge in [-0.3, -0.25) is 19.7 Å². The maximum atomic E-state index is 11.6. The summed E-state index contributed by atoms with van der Waals surface area (Å²) in [6, 6.07) is 4.20. The summed E-state index contributed by atoms with van der Waals surface area (Å²) in [6.07, 6.45) is 0.676. The smallest absolute Gasteiger partial charge is 0.249 e. The van der Waals surface area contributed by atoms with Crippen LogP contribution >= 0.6 is 11.6 Å². The number of aldehydes is 1. The molecule has 2 amide bonds. The van der Waals surface area contributed by atoms with E-state index in [1.54, 1.807) is 30.0 Å². The summed E-state index contributed by atoms with van der Waals surface area (Å²) in [5.74, 6) is -0.780. The van der Waals surface area contributed by atoms with Gasteiger partial charge in [-0.15, -0.1) is 0 Å². The molecule has 6 heteroatoms. The van der Waals surface area contributed by atoms with E-state index in [-0.39, 0.29) is 12.5 Å². The molecular weight excluding hydrogens is 256 g/mol. The minimum Gasteiger partial charge on any atom is -0.350 e. The second-order valence-corrected chi connectivity index (χ2v) is 4.47. The van der Waals surface area contributed by atoms with Gasteiger partial charge >= 0.3 is 0 Å². The number of rotatable bonds is 2. The molecule has 1 aliphatic rings. The van der Waals surface area contributed by atoms with Gasteiger partial charge in [-0.2, -0.15) is 0 Å². The third-order valence-corrected chi connectivity index (χ3v) is 3.09. The molecule has 1 aromatic rings. The number of anilines is 1. The number of hydrogen-bond acceptors (Lipinski definition) is 4. The highest BCUT2D eigenvalue weighted by Gasteiger charge is 2.31. The summed E-state index contributed by atoms with van der Waals surface area (Å²) in [7, 11) is 0. The molecule has 18 heavy (non-hydrogen) atoms. The van der Waals surface area contributed by atoms with Gasteiger partial charge in [0.15, 0.2) is 6.29 Å². The second kappa shape index (κ2) is 4.78. The molecule has 1 unspecified atom stereocenters. The first-order chi connectivity index (χ1) is 8.52. The van der Waals surface area contributed by atoms with Crippen molar-refractivity contribution in [3.05, 3.63) is 28.8 Å². The van der Waals surface area contributed by atoms with Crippen molar-refractivity contribution in [3.8, 4) is 0 Å². The molecule has 5 nitrogen and oxygen atoms in total. The summed E-state index contributed by atoms with van der Waals surface area (Å²) in [5, 5.41) is 2.69. The van der Waals surface area contributed by atoms with E-state index >= 15 is 0 Å². The number of halogens is 1. The van der Waals surface area contributed by atoms with Crippen molar-refractivity contribution in [1.82, 2.24) is 5.32 Å². The van der Waals surface area contributed by atoms with Crippen molar-refractivity contribution >= 4 is 35.4 Å². The van der Waals surface area contributed by atoms with Gasteiger partial charge in [0.2, 0.25) is 11.8 Å². The van der Waals surface area contributed by atoms with E-state index in [9.17, 15) is 14.4 Å². The van der Waals surface area contributed by atoms with Crippen molar-refractivity contribution in [2.75, 3.05) is 11.4 Å². The summed E-state index contributed by atoms with van der Waals surface area (Å²) in [4.78, 5) is 35.5. The predicted molar refractivity (Wildman–Crippen MR) is 66.8 cm³/mol. The second-order valence-electron chi connectivity index (χ2n) is 4.04. The number of nitrogens with one attached hydrogen (secondary N) is 1. The molecule has 0 saturated carbocycles. The number of carbonyl (C=O) groups excluding carboxylic acids is 3. The van der Waals surface area contributed by atoms with E-state index in [0.29, 0.717) is 22.6 Å². The van der Waals surface area contributed by atoms with Crippen molar-refractivity contribution in [3.63, 3.8) is 0 Å². The fourth-order valence-electron chi connectivity index (χ4n) is 1.87. The fraction of sp³-hybridized carbons (Fsp3) is 0.250. The highest BCUT2D eigenvalue weighted by atomic mass is 35.5. The average molecular weight is 267 g/mol. The Kier molecular flexibility index (Phi) is 3.34. The van der Waals surface area contributed by atoms with Crippen LogP contribution in [0.25, 0.3) is 0 Å². The molecule has 1 saturated heterocycles. The van der Waals surface area contributed by atoms with Crippen LogP contribution in [0.1, 0.15) is 17.3 Å². The lowest BCUT2D eigenvalue weighted by Crippen LogP contribution is -2.57. The van der Waals surface area contributed by atoms with E-state index in [4.69, 9.17) is 11.6 Å². The van der Waals surface area contributed by atoms with Crippen LogP contribution in [0.4, 0.5) is 5.69 Å². The summed E-state index contributed by atoms with van der Waals surface area (Å²) in [5.41, 5.74) is 0.891. The van der Waals surface area contributed by atoms with Crippen molar-refractivity contribution < 1.29 is 14.4 Å². The normalized spacial score (nSPS) is 19.7. The molecule has 0 spiro atoms. The molecule has 0 aromatic heterocycles. The third kappa shape index (κ3) is 2.22. The molecule has 1 fully saturated rings. The predicted octanol–water partition coefficient (Wildman–Crippen LogP) is 1.00. The Bertz CT molecular complexity index is 530. The Morgan fingerprint density at radius 3 is 2.83 bits per heavy atom. The highest BCUT2D eigenvalue weighted by Crippen LogP contribution is 2.26. The lowest BCUT2D eigenvalue weighted by atomic mass is 10.1. The Morgan fingerprint density at radius 1 is 1.44 bits per heavy atom. The largest absolute Gasteiger partial charge is 0.350 e. The Labute approximate surface area is 109 Å². The minimum absolute atomic E-state index is 0.0219. The fourth-order valence-corrected chi connectivity index (χ4v) is 2.04. The van der Waals surface area contributed by atoms with Crippen LogP contribution in [0.3, 0.4) is 0 Å². The molecule has 1 atom stereocenters. The minimum atomic E-state index is -0.528. The summed E-state index contributed by atoms with van der Waals surface area (Å²) < 4.78 is 0. The molecule has 1 N–H and O–H groups in total. The molecule has 2 rings (SSSR count). The van der Waals surface area contributed by atoms with Gasteiger partial charge in [-0.1, -0.05) is 11.6 Å². The number of nitrogens with zero attached hydrogens (tertiary/aromatic N) is 1. The number of imide groups is 1. The van der Waals surface area contributed by atoms with E-state index in [2.05, 4.69) is 5.32 Å². The van der Waals surface area contributed by atoms with Gasteiger partial charge < -0.3 is 4.90 Å². The first kappa shape index (κ1) is 12.6. The van der Waals surface area contributed by atoms with Crippen molar-refractivity contribution in [2.24, 2.45) is 0 Å². The molecule has 0 bridgehead atoms. The van der Waals surface area contributed by atoms with Crippen LogP contribution in [-0.2, 0) is 9.59 Å². The van der Waals surface area contributed by atoms with Crippen LogP contribution in [0.2, 0.25) is 5.02 Å². The Balaban J connectivity index is 2.46. The van der Waals surface area contributed by atoms with Gasteiger partial charge in [-0.25, -0.2) is 0 Å². The third-order valence-electron chi connectivity index (χ3n) is 2.85. The number of carbonyl (C=O) groups is 3. The van der Waals surface area contributed by atoms with Gasteiger partial charge in [0.25, 0.3) is 0 Å². The number of amides is 2. The van der Waals surface area contributed by atoms with Gasteiger partial charge in [0.05, 0.1) is 6.54 Å². The van der Waals surface area contributed by atoms with Crippen LogP contribution < -0.4 is 10.2 Å². The molecule has 1 aromatic carbocycles. The maximum absolute atomic E-state index is 11.6. The molecular formula is C12H11ClN2O3. The molecule has 94 valence electrons. The van der Waals surface area contributed by atoms with Gasteiger partial charge in [0, 0.05) is 16.3 Å². The van der Waals surface area contributed by atoms with Crippen molar-refractivity contribution in [2.45, 2.75) is 13.0 Å². The average Bonchev–Trinajstić information content (AvgIpc) is 2.33. The summed E-state index contributed by atoms with van der Waals surface area (Å²) in [6.45, 7) is 1.69. The van der Waals surface area contributed by atoms with Crippen molar-refractivity contribution in [1.29, 1.82) is 0 Å². The molecule has 1 aliphatic heterocycles. The highest BCUT2D eigenvalue weighted by molar-refractivity contribution is 6.31. The Morgan fingerprint density at radius 2 is 2.17 bits per heavy atom. The molecule has 1 heterocycles. The summed E-state index contributed by atoms with van der Waals surface area (Å²) >= 11 is 5.89.